The number of rotatable bonds is 5. The number of fused-ring (bicyclic) bond motifs is 13. The average molecular weight is 816 g/mol. The lowest BCUT2D eigenvalue weighted by molar-refractivity contribution is 0.436. The third kappa shape index (κ3) is 5.46. The maximum absolute atomic E-state index is 6.65. The highest BCUT2D eigenvalue weighted by atomic mass is 16.5. The Balaban J connectivity index is 1.00. The van der Waals surface area contributed by atoms with Crippen LogP contribution in [0.3, 0.4) is 0 Å². The highest BCUT2D eigenvalue weighted by molar-refractivity contribution is 6.20. The first kappa shape index (κ1) is 36.2. The van der Waals surface area contributed by atoms with Crippen molar-refractivity contribution in [3.8, 4) is 78.9 Å². The van der Waals surface area contributed by atoms with E-state index in [1.54, 1.807) is 0 Å². The highest BCUT2D eigenvalue weighted by Crippen LogP contribution is 2.63. The van der Waals surface area contributed by atoms with Crippen molar-refractivity contribution in [3.63, 3.8) is 0 Å². The molecule has 11 aromatic rings. The van der Waals surface area contributed by atoms with Crippen LogP contribution < -0.4 is 4.74 Å². The molecule has 0 radical (unpaired) electrons. The van der Waals surface area contributed by atoms with E-state index in [9.17, 15) is 0 Å². The molecule has 1 aliphatic carbocycles. The smallest absolute Gasteiger partial charge is 0.160 e. The van der Waals surface area contributed by atoms with Crippen LogP contribution >= 0.6 is 0 Å². The third-order valence-electron chi connectivity index (χ3n) is 13.2. The molecule has 1 aliphatic heterocycles. The summed E-state index contributed by atoms with van der Waals surface area (Å²) in [6.45, 7) is 0. The Hall–Kier alpha value is -8.47. The van der Waals surface area contributed by atoms with Crippen molar-refractivity contribution < 1.29 is 4.74 Å². The van der Waals surface area contributed by atoms with Crippen LogP contribution in [0.25, 0.3) is 89.1 Å². The topological polar surface area (TPSA) is 47.9 Å². The second-order valence-corrected chi connectivity index (χ2v) is 16.6. The van der Waals surface area contributed by atoms with E-state index in [0.29, 0.717) is 5.82 Å². The molecule has 3 heterocycles. The van der Waals surface area contributed by atoms with Crippen molar-refractivity contribution in [2.24, 2.45) is 0 Å². The van der Waals surface area contributed by atoms with E-state index < -0.39 is 5.41 Å². The van der Waals surface area contributed by atoms with Gasteiger partial charge in [0.1, 0.15) is 11.5 Å². The Morgan fingerprint density at radius 2 is 0.859 bits per heavy atom. The molecule has 0 fully saturated rings. The lowest BCUT2D eigenvalue weighted by Gasteiger charge is -2.39. The van der Waals surface area contributed by atoms with Crippen LogP contribution in [0.1, 0.15) is 22.3 Å². The number of benzene rings is 9. The average Bonchev–Trinajstić information content (AvgIpc) is 3.67. The van der Waals surface area contributed by atoms with Crippen molar-refractivity contribution in [3.05, 3.63) is 247 Å². The molecule has 0 N–H and O–H groups in total. The molecule has 0 unspecified atom stereocenters. The van der Waals surface area contributed by atoms with Crippen LogP contribution in [0.4, 0.5) is 0 Å². The van der Waals surface area contributed by atoms with Crippen LogP contribution in [0.5, 0.6) is 11.5 Å². The van der Waals surface area contributed by atoms with Gasteiger partial charge in [0.15, 0.2) is 5.82 Å². The van der Waals surface area contributed by atoms with Crippen molar-refractivity contribution in [1.82, 2.24) is 15.0 Å². The summed E-state index contributed by atoms with van der Waals surface area (Å²) in [6, 6.07) is 79.5. The molecule has 13 rings (SSSR count). The largest absolute Gasteiger partial charge is 0.457 e. The molecule has 0 atom stereocenters. The molecule has 4 nitrogen and oxygen atoms in total. The molecule has 0 saturated carbocycles. The molecule has 0 saturated heterocycles. The third-order valence-corrected chi connectivity index (χ3v) is 13.2. The highest BCUT2D eigenvalue weighted by Gasteiger charge is 2.51. The van der Waals surface area contributed by atoms with Crippen molar-refractivity contribution >= 4 is 21.7 Å². The van der Waals surface area contributed by atoms with Crippen LogP contribution in [0, 0.1) is 0 Å². The van der Waals surface area contributed by atoms with Gasteiger partial charge in [0.2, 0.25) is 0 Å². The van der Waals surface area contributed by atoms with Gasteiger partial charge in [0.25, 0.3) is 0 Å². The summed E-state index contributed by atoms with van der Waals surface area (Å²) in [5.41, 5.74) is 16.8. The minimum atomic E-state index is -0.566. The number of hydrogen-bond acceptors (Lipinski definition) is 4. The standard InChI is InChI=1S/C60H37N3O/c1-4-16-39(17-5-1)51-37-52(63-59(62-51)42-20-8-3-9-21-42)40-30-28-38(29-31-40)43-32-33-45-53(36-43)61-58(41-18-6-2-7-19-41)46-34-35-50-57(56(45)46)44-22-10-11-23-47(44)60(50)48-24-12-14-26-54(48)64-55-27-15-13-25-49(55)60/h1-37H. The fraction of sp³-hybridized carbons (Fsp3) is 0.0167. The fourth-order valence-corrected chi connectivity index (χ4v) is 10.3. The molecule has 298 valence electrons. The van der Waals surface area contributed by atoms with Crippen LogP contribution in [-0.4, -0.2) is 15.0 Å². The Kier molecular flexibility index (Phi) is 8.09. The Morgan fingerprint density at radius 3 is 1.53 bits per heavy atom. The van der Waals surface area contributed by atoms with Gasteiger partial charge in [-0.1, -0.05) is 200 Å². The zero-order valence-corrected chi connectivity index (χ0v) is 34.6. The number of para-hydroxylation sites is 2. The summed E-state index contributed by atoms with van der Waals surface area (Å²) in [7, 11) is 0. The summed E-state index contributed by atoms with van der Waals surface area (Å²) < 4.78 is 6.65. The Bertz CT molecular complexity index is 3520. The number of nitrogens with zero attached hydrogens (tertiary/aromatic N) is 3. The molecule has 1 spiro atoms. The molecule has 9 aromatic carbocycles. The minimum Gasteiger partial charge on any atom is -0.457 e. The number of aromatic nitrogens is 3. The first-order valence-electron chi connectivity index (χ1n) is 21.8. The number of pyridine rings is 1. The van der Waals surface area contributed by atoms with E-state index >= 15 is 0 Å². The number of hydrogen-bond donors (Lipinski definition) is 0. The summed E-state index contributed by atoms with van der Waals surface area (Å²) in [5.74, 6) is 2.47. The maximum atomic E-state index is 6.65. The molecular formula is C60H37N3O. The van der Waals surface area contributed by atoms with Crippen LogP contribution in [0.2, 0.25) is 0 Å². The first-order valence-corrected chi connectivity index (χ1v) is 21.8. The van der Waals surface area contributed by atoms with Gasteiger partial charge in [-0.25, -0.2) is 15.0 Å². The van der Waals surface area contributed by atoms with Gasteiger partial charge in [0, 0.05) is 49.5 Å². The molecule has 0 bridgehead atoms. The predicted molar refractivity (Wildman–Crippen MR) is 259 cm³/mol. The fourth-order valence-electron chi connectivity index (χ4n) is 10.3. The molecule has 64 heavy (non-hydrogen) atoms. The van der Waals surface area contributed by atoms with Gasteiger partial charge in [-0.2, -0.15) is 0 Å². The van der Waals surface area contributed by atoms with E-state index in [0.717, 1.165) is 89.4 Å². The van der Waals surface area contributed by atoms with Crippen molar-refractivity contribution in [1.29, 1.82) is 0 Å². The number of ether oxygens (including phenoxy) is 1. The molecule has 2 aromatic heterocycles. The zero-order chi connectivity index (χ0) is 42.2. The van der Waals surface area contributed by atoms with Gasteiger partial charge < -0.3 is 4.74 Å². The molecule has 0 amide bonds. The van der Waals surface area contributed by atoms with Gasteiger partial charge in [0.05, 0.1) is 28.0 Å². The van der Waals surface area contributed by atoms with Crippen molar-refractivity contribution in [2.75, 3.05) is 0 Å². The molecule has 4 heteroatoms. The lowest BCUT2D eigenvalue weighted by Crippen LogP contribution is -2.32. The van der Waals surface area contributed by atoms with Crippen LogP contribution in [0.15, 0.2) is 224 Å². The predicted octanol–water partition coefficient (Wildman–Crippen LogP) is 15.0. The minimum absolute atomic E-state index is 0.566. The SMILES string of the molecule is c1ccc(-c2cc(-c3ccc(-c4ccc5c(c4)nc(-c4ccccc4)c4ccc6c(c45)-c4ccccc4C64c5ccccc5Oc5ccccc54)cc3)nc(-c3ccccc3)n2)cc1. The Morgan fingerprint density at radius 1 is 0.344 bits per heavy atom. The van der Waals surface area contributed by atoms with Crippen molar-refractivity contribution in [2.45, 2.75) is 5.41 Å². The van der Waals surface area contributed by atoms with Gasteiger partial charge >= 0.3 is 0 Å². The second kappa shape index (κ2) is 14.3. The van der Waals surface area contributed by atoms with E-state index in [4.69, 9.17) is 19.7 Å². The second-order valence-electron chi connectivity index (χ2n) is 16.6. The monoisotopic (exact) mass is 815 g/mol. The summed E-state index contributed by atoms with van der Waals surface area (Å²) in [5, 5.41) is 3.46. The maximum Gasteiger partial charge on any atom is 0.160 e. The van der Waals surface area contributed by atoms with Gasteiger partial charge in [-0.05, 0) is 57.6 Å². The van der Waals surface area contributed by atoms with Crippen LogP contribution in [-0.2, 0) is 5.41 Å². The van der Waals surface area contributed by atoms with E-state index in [1.165, 1.54) is 27.6 Å². The summed E-state index contributed by atoms with van der Waals surface area (Å²) >= 11 is 0. The lowest BCUT2D eigenvalue weighted by atomic mass is 9.66. The molecular weight excluding hydrogens is 779 g/mol. The zero-order valence-electron chi connectivity index (χ0n) is 34.6. The van der Waals surface area contributed by atoms with E-state index in [-0.39, 0.29) is 0 Å². The normalized spacial score (nSPS) is 12.9. The van der Waals surface area contributed by atoms with Gasteiger partial charge in [-0.3, -0.25) is 0 Å². The van der Waals surface area contributed by atoms with E-state index in [1.807, 2.05) is 36.4 Å². The van der Waals surface area contributed by atoms with Gasteiger partial charge in [-0.15, -0.1) is 0 Å². The molecule has 2 aliphatic rings. The Labute approximate surface area is 370 Å². The summed E-state index contributed by atoms with van der Waals surface area (Å²) in [4.78, 5) is 15.6. The van der Waals surface area contributed by atoms with E-state index in [2.05, 4.69) is 188 Å². The first-order chi connectivity index (χ1) is 31.7. The quantitative estimate of drug-likeness (QED) is 0.162. The summed E-state index contributed by atoms with van der Waals surface area (Å²) in [6.07, 6.45) is 0.